The van der Waals surface area contributed by atoms with Gasteiger partial charge >= 0.3 is 0 Å². The van der Waals surface area contributed by atoms with Crippen molar-refractivity contribution in [2.45, 2.75) is 232 Å². The van der Waals surface area contributed by atoms with Crippen molar-refractivity contribution in [3.05, 3.63) is 0 Å². The maximum absolute atomic E-state index is 6.32. The van der Waals surface area contributed by atoms with E-state index in [1.807, 2.05) is 0 Å². The second-order valence-electron chi connectivity index (χ2n) is 14.6. The van der Waals surface area contributed by atoms with Crippen LogP contribution in [0.5, 0.6) is 0 Å². The lowest BCUT2D eigenvalue weighted by atomic mass is 10.0. The predicted molar refractivity (Wildman–Crippen MR) is 196 cm³/mol. The van der Waals surface area contributed by atoms with Gasteiger partial charge in [0.15, 0.2) is 0 Å². The van der Waals surface area contributed by atoms with E-state index in [2.05, 4.69) is 25.8 Å². The molecular weight excluding hydrogens is 538 g/mol. The van der Waals surface area contributed by atoms with E-state index in [0.29, 0.717) is 0 Å². The van der Waals surface area contributed by atoms with Crippen molar-refractivity contribution in [3.8, 4) is 0 Å². The molecule has 3 heteroatoms. The monoisotopic (exact) mass is 622 g/mol. The largest absolute Gasteiger partial charge is 0.374 e. The lowest BCUT2D eigenvalue weighted by Crippen LogP contribution is -2.30. The summed E-state index contributed by atoms with van der Waals surface area (Å²) >= 11 is 0. The second kappa shape index (κ2) is 34.2. The zero-order valence-electron chi connectivity index (χ0n) is 30.9. The summed E-state index contributed by atoms with van der Waals surface area (Å²) in [5, 5.41) is 0. The Bertz CT molecular complexity index is 495. The summed E-state index contributed by atoms with van der Waals surface area (Å²) in [4.78, 5) is 2.39. The lowest BCUT2D eigenvalue weighted by molar-refractivity contribution is -0.0481. The van der Waals surface area contributed by atoms with E-state index in [0.717, 1.165) is 26.3 Å². The average Bonchev–Trinajstić information content (AvgIpc) is 3.38. The van der Waals surface area contributed by atoms with E-state index in [1.54, 1.807) is 0 Å². The van der Waals surface area contributed by atoms with Crippen molar-refractivity contribution in [2.24, 2.45) is 0 Å². The molecule has 0 N–H and O–H groups in total. The minimum Gasteiger partial charge on any atom is -0.374 e. The molecule has 0 spiro atoms. The zero-order valence-corrected chi connectivity index (χ0v) is 30.9. The summed E-state index contributed by atoms with van der Waals surface area (Å²) in [6.45, 7) is 8.49. The first-order valence-corrected chi connectivity index (χ1v) is 20.7. The third kappa shape index (κ3) is 28.1. The first-order chi connectivity index (χ1) is 21.8. The van der Waals surface area contributed by atoms with Gasteiger partial charge in [0.1, 0.15) is 0 Å². The maximum Gasteiger partial charge on any atom is 0.0975 e. The zero-order chi connectivity index (χ0) is 31.6. The maximum atomic E-state index is 6.32. The van der Waals surface area contributed by atoms with Crippen LogP contribution in [-0.2, 0) is 9.47 Å². The standard InChI is InChI=1S/C41H83NO2/c1-4-6-8-10-12-14-16-18-20-22-24-26-28-30-32-34-36-43-40-38-42(3)39-41(40)44-37-35-33-31-29-27-25-23-21-19-17-15-13-11-9-7-5-2/h40-41H,4-39H2,1-3H3. The fourth-order valence-corrected chi connectivity index (χ4v) is 7.01. The highest BCUT2D eigenvalue weighted by Gasteiger charge is 2.32. The molecular formula is C41H83NO2. The number of unbranched alkanes of at least 4 members (excludes halogenated alkanes) is 30. The van der Waals surface area contributed by atoms with Crippen LogP contribution in [0.15, 0.2) is 0 Å². The Morgan fingerprint density at radius 3 is 0.773 bits per heavy atom. The number of rotatable bonds is 36. The molecule has 44 heavy (non-hydrogen) atoms. The topological polar surface area (TPSA) is 21.7 Å². The first kappa shape index (κ1) is 41.9. The number of hydrogen-bond acceptors (Lipinski definition) is 3. The molecule has 0 aromatic carbocycles. The molecule has 0 amide bonds. The number of likely N-dealkylation sites (N-methyl/N-ethyl adjacent to an activating group) is 1. The fraction of sp³-hybridized carbons (Fsp3) is 1.00. The number of ether oxygens (including phenoxy) is 2. The normalized spacial score (nSPS) is 17.2. The van der Waals surface area contributed by atoms with Crippen LogP contribution < -0.4 is 0 Å². The summed E-state index contributed by atoms with van der Waals surface area (Å²) in [7, 11) is 2.21. The van der Waals surface area contributed by atoms with Crippen LogP contribution in [0, 0.1) is 0 Å². The van der Waals surface area contributed by atoms with Crippen molar-refractivity contribution in [2.75, 3.05) is 33.4 Å². The molecule has 0 aliphatic carbocycles. The molecule has 3 nitrogen and oxygen atoms in total. The van der Waals surface area contributed by atoms with Crippen LogP contribution in [0.25, 0.3) is 0 Å². The van der Waals surface area contributed by atoms with Gasteiger partial charge in [-0.3, -0.25) is 0 Å². The Morgan fingerprint density at radius 1 is 0.341 bits per heavy atom. The van der Waals surface area contributed by atoms with E-state index < -0.39 is 0 Å². The van der Waals surface area contributed by atoms with Gasteiger partial charge in [-0.05, 0) is 19.9 Å². The molecule has 2 unspecified atom stereocenters. The number of nitrogens with zero attached hydrogens (tertiary/aromatic N) is 1. The molecule has 0 bridgehead atoms. The molecule has 1 heterocycles. The molecule has 0 aromatic heterocycles. The fourth-order valence-electron chi connectivity index (χ4n) is 7.01. The highest BCUT2D eigenvalue weighted by atomic mass is 16.5. The van der Waals surface area contributed by atoms with Gasteiger partial charge in [0, 0.05) is 26.3 Å². The van der Waals surface area contributed by atoms with Gasteiger partial charge < -0.3 is 14.4 Å². The van der Waals surface area contributed by atoms with E-state index in [9.17, 15) is 0 Å². The summed E-state index contributed by atoms with van der Waals surface area (Å²) in [5.41, 5.74) is 0. The first-order valence-electron chi connectivity index (χ1n) is 20.7. The molecule has 1 aliphatic rings. The van der Waals surface area contributed by atoms with Gasteiger partial charge in [-0.1, -0.05) is 206 Å². The summed E-state index contributed by atoms with van der Waals surface area (Å²) in [6, 6.07) is 0. The second-order valence-corrected chi connectivity index (χ2v) is 14.6. The minimum atomic E-state index is 0.275. The van der Waals surface area contributed by atoms with Gasteiger partial charge in [0.25, 0.3) is 0 Å². The van der Waals surface area contributed by atoms with E-state index in [1.165, 1.54) is 205 Å². The summed E-state index contributed by atoms with van der Waals surface area (Å²) in [5.74, 6) is 0. The lowest BCUT2D eigenvalue weighted by Gasteiger charge is -2.20. The molecule has 1 aliphatic heterocycles. The van der Waals surface area contributed by atoms with Gasteiger partial charge in [0.05, 0.1) is 12.2 Å². The Labute approximate surface area is 278 Å². The molecule has 1 saturated heterocycles. The van der Waals surface area contributed by atoms with Gasteiger partial charge in [-0.2, -0.15) is 0 Å². The third-order valence-corrected chi connectivity index (χ3v) is 10.1. The van der Waals surface area contributed by atoms with E-state index in [-0.39, 0.29) is 12.2 Å². The van der Waals surface area contributed by atoms with Crippen LogP contribution in [0.3, 0.4) is 0 Å². The molecule has 0 saturated carbocycles. The quantitative estimate of drug-likeness (QED) is 0.0650. The molecule has 0 radical (unpaired) electrons. The predicted octanol–water partition coefficient (Wildman–Crippen LogP) is 13.2. The SMILES string of the molecule is CCCCCCCCCCCCCCCCCCOC1CN(C)CC1OCCCCCCCCCCCCCCCCCC. The van der Waals surface area contributed by atoms with Crippen LogP contribution in [0.4, 0.5) is 0 Å². The van der Waals surface area contributed by atoms with Gasteiger partial charge in [-0.25, -0.2) is 0 Å². The van der Waals surface area contributed by atoms with E-state index in [4.69, 9.17) is 9.47 Å². The van der Waals surface area contributed by atoms with Crippen LogP contribution in [0.2, 0.25) is 0 Å². The molecule has 1 fully saturated rings. The Kier molecular flexibility index (Phi) is 32.6. The molecule has 1 rings (SSSR count). The van der Waals surface area contributed by atoms with Crippen molar-refractivity contribution in [3.63, 3.8) is 0 Å². The highest BCUT2D eigenvalue weighted by Crippen LogP contribution is 2.19. The van der Waals surface area contributed by atoms with Crippen molar-refractivity contribution in [1.82, 2.24) is 4.90 Å². The Hall–Kier alpha value is -0.120. The van der Waals surface area contributed by atoms with Gasteiger partial charge in [-0.15, -0.1) is 0 Å². The summed E-state index contributed by atoms with van der Waals surface area (Å²) in [6.07, 6.45) is 45.9. The average molecular weight is 622 g/mol. The molecule has 0 aromatic rings. The highest BCUT2D eigenvalue weighted by molar-refractivity contribution is 4.84. The third-order valence-electron chi connectivity index (χ3n) is 10.1. The molecule has 264 valence electrons. The Balaban J connectivity index is 1.83. The van der Waals surface area contributed by atoms with Crippen molar-refractivity contribution < 1.29 is 9.47 Å². The smallest absolute Gasteiger partial charge is 0.0975 e. The van der Waals surface area contributed by atoms with Gasteiger partial charge in [0.2, 0.25) is 0 Å². The van der Waals surface area contributed by atoms with Crippen LogP contribution in [-0.4, -0.2) is 50.5 Å². The van der Waals surface area contributed by atoms with Crippen molar-refractivity contribution >= 4 is 0 Å². The van der Waals surface area contributed by atoms with Crippen molar-refractivity contribution in [1.29, 1.82) is 0 Å². The summed E-state index contributed by atoms with van der Waals surface area (Å²) < 4.78 is 12.6. The van der Waals surface area contributed by atoms with Crippen LogP contribution in [0.1, 0.15) is 219 Å². The Morgan fingerprint density at radius 2 is 0.545 bits per heavy atom. The number of hydrogen-bond donors (Lipinski definition) is 0. The minimum absolute atomic E-state index is 0.275. The van der Waals surface area contributed by atoms with E-state index >= 15 is 0 Å². The number of likely N-dealkylation sites (tertiary alicyclic amines) is 1. The molecule has 2 atom stereocenters. The van der Waals surface area contributed by atoms with Crippen LogP contribution >= 0.6 is 0 Å².